The van der Waals surface area contributed by atoms with E-state index in [0.29, 0.717) is 24.6 Å². The lowest BCUT2D eigenvalue weighted by molar-refractivity contribution is -0.116. The molecular weight excluding hydrogens is 266 g/mol. The van der Waals surface area contributed by atoms with E-state index < -0.39 is 0 Å². The third-order valence-electron chi connectivity index (χ3n) is 3.30. The Morgan fingerprint density at radius 3 is 2.71 bits per heavy atom. The maximum atomic E-state index is 12.0. The van der Waals surface area contributed by atoms with Crippen molar-refractivity contribution in [2.24, 2.45) is 11.7 Å². The standard InChI is InChI=1S/C16H27N3O2/c1-12(10-17)5-8-16(20)18-14-9-13(11-19(2)3)6-7-15(14)21-4/h6-7,9,12H,5,8,10-11,17H2,1-4H3,(H,18,20). The van der Waals surface area contributed by atoms with E-state index in [4.69, 9.17) is 10.5 Å². The van der Waals surface area contributed by atoms with Crippen LogP contribution in [0.4, 0.5) is 5.69 Å². The zero-order valence-corrected chi connectivity index (χ0v) is 13.5. The normalized spacial score (nSPS) is 12.3. The average Bonchev–Trinajstić information content (AvgIpc) is 2.44. The zero-order valence-electron chi connectivity index (χ0n) is 13.5. The molecule has 0 aromatic heterocycles. The second-order valence-electron chi connectivity index (χ2n) is 5.70. The maximum absolute atomic E-state index is 12.0. The summed E-state index contributed by atoms with van der Waals surface area (Å²) in [5.41, 5.74) is 7.42. The fraction of sp³-hybridized carbons (Fsp3) is 0.562. The highest BCUT2D eigenvalue weighted by molar-refractivity contribution is 5.92. The highest BCUT2D eigenvalue weighted by Gasteiger charge is 2.10. The largest absolute Gasteiger partial charge is 0.495 e. The van der Waals surface area contributed by atoms with Crippen molar-refractivity contribution in [3.8, 4) is 5.75 Å². The van der Waals surface area contributed by atoms with Gasteiger partial charge in [0.05, 0.1) is 12.8 Å². The molecule has 0 aliphatic heterocycles. The van der Waals surface area contributed by atoms with Crippen LogP contribution in [-0.4, -0.2) is 38.6 Å². The summed E-state index contributed by atoms with van der Waals surface area (Å²) >= 11 is 0. The van der Waals surface area contributed by atoms with Gasteiger partial charge in [-0.1, -0.05) is 13.0 Å². The molecule has 0 bridgehead atoms. The molecule has 1 amide bonds. The number of hydrogen-bond donors (Lipinski definition) is 2. The Kier molecular flexibility index (Phi) is 7.19. The Balaban J connectivity index is 2.72. The number of carbonyl (C=O) groups excluding carboxylic acids is 1. The molecule has 0 radical (unpaired) electrons. The van der Waals surface area contributed by atoms with Crippen molar-refractivity contribution >= 4 is 11.6 Å². The molecule has 0 aliphatic rings. The highest BCUT2D eigenvalue weighted by atomic mass is 16.5. The minimum Gasteiger partial charge on any atom is -0.495 e. The van der Waals surface area contributed by atoms with E-state index in [-0.39, 0.29) is 5.91 Å². The summed E-state index contributed by atoms with van der Waals surface area (Å²) in [4.78, 5) is 14.1. The molecule has 0 saturated carbocycles. The van der Waals surface area contributed by atoms with E-state index in [1.807, 2.05) is 39.2 Å². The van der Waals surface area contributed by atoms with Gasteiger partial charge in [0.2, 0.25) is 5.91 Å². The van der Waals surface area contributed by atoms with Crippen LogP contribution in [0.3, 0.4) is 0 Å². The van der Waals surface area contributed by atoms with E-state index in [0.717, 1.165) is 24.2 Å². The lowest BCUT2D eigenvalue weighted by atomic mass is 10.1. The van der Waals surface area contributed by atoms with Gasteiger partial charge in [-0.15, -0.1) is 0 Å². The molecule has 1 unspecified atom stereocenters. The van der Waals surface area contributed by atoms with E-state index in [9.17, 15) is 4.79 Å². The van der Waals surface area contributed by atoms with Crippen LogP contribution in [0.1, 0.15) is 25.3 Å². The van der Waals surface area contributed by atoms with Gasteiger partial charge in [-0.2, -0.15) is 0 Å². The second-order valence-corrected chi connectivity index (χ2v) is 5.70. The van der Waals surface area contributed by atoms with Gasteiger partial charge >= 0.3 is 0 Å². The Morgan fingerprint density at radius 2 is 2.14 bits per heavy atom. The van der Waals surface area contributed by atoms with Crippen molar-refractivity contribution in [3.63, 3.8) is 0 Å². The first-order valence-corrected chi connectivity index (χ1v) is 7.27. The smallest absolute Gasteiger partial charge is 0.224 e. The average molecular weight is 293 g/mol. The number of nitrogens with one attached hydrogen (secondary N) is 1. The molecule has 3 N–H and O–H groups in total. The molecular formula is C16H27N3O2. The second kappa shape index (κ2) is 8.64. The summed E-state index contributed by atoms with van der Waals surface area (Å²) in [7, 11) is 5.63. The number of ether oxygens (including phenoxy) is 1. The van der Waals surface area contributed by atoms with Gasteiger partial charge in [0, 0.05) is 13.0 Å². The number of amides is 1. The van der Waals surface area contributed by atoms with E-state index in [1.54, 1.807) is 7.11 Å². The van der Waals surface area contributed by atoms with Crippen LogP contribution >= 0.6 is 0 Å². The lowest BCUT2D eigenvalue weighted by Crippen LogP contribution is -2.17. The summed E-state index contributed by atoms with van der Waals surface area (Å²) in [5, 5.41) is 2.93. The number of methoxy groups -OCH3 is 1. The van der Waals surface area contributed by atoms with Crippen LogP contribution in [0, 0.1) is 5.92 Å². The van der Waals surface area contributed by atoms with Crippen molar-refractivity contribution in [3.05, 3.63) is 23.8 Å². The molecule has 0 aliphatic carbocycles. The Hall–Kier alpha value is -1.59. The molecule has 0 spiro atoms. The Morgan fingerprint density at radius 1 is 1.43 bits per heavy atom. The molecule has 21 heavy (non-hydrogen) atoms. The number of nitrogens with zero attached hydrogens (tertiary/aromatic N) is 1. The quantitative estimate of drug-likeness (QED) is 0.770. The van der Waals surface area contributed by atoms with Crippen LogP contribution < -0.4 is 15.8 Å². The first kappa shape index (κ1) is 17.5. The fourth-order valence-electron chi connectivity index (χ4n) is 2.02. The first-order valence-electron chi connectivity index (χ1n) is 7.27. The summed E-state index contributed by atoms with van der Waals surface area (Å²) in [5.74, 6) is 1.03. The molecule has 1 aromatic rings. The van der Waals surface area contributed by atoms with Crippen molar-refractivity contribution in [1.29, 1.82) is 0 Å². The molecule has 1 atom stereocenters. The molecule has 118 valence electrons. The summed E-state index contributed by atoms with van der Waals surface area (Å²) in [6, 6.07) is 5.85. The zero-order chi connectivity index (χ0) is 15.8. The van der Waals surface area contributed by atoms with Crippen molar-refractivity contribution < 1.29 is 9.53 Å². The first-order chi connectivity index (χ1) is 9.96. The van der Waals surface area contributed by atoms with Gasteiger partial charge in [0.1, 0.15) is 5.75 Å². The maximum Gasteiger partial charge on any atom is 0.224 e. The van der Waals surface area contributed by atoms with Crippen LogP contribution in [0.2, 0.25) is 0 Å². The van der Waals surface area contributed by atoms with E-state index in [1.165, 1.54) is 0 Å². The van der Waals surface area contributed by atoms with Crippen LogP contribution in [0.5, 0.6) is 5.75 Å². The van der Waals surface area contributed by atoms with E-state index >= 15 is 0 Å². The fourth-order valence-corrected chi connectivity index (χ4v) is 2.02. The van der Waals surface area contributed by atoms with Gasteiger partial charge in [-0.05, 0) is 50.7 Å². The predicted octanol–water partition coefficient (Wildman–Crippen LogP) is 2.07. The van der Waals surface area contributed by atoms with Crippen molar-refractivity contribution in [2.75, 3.05) is 33.1 Å². The molecule has 0 heterocycles. The Labute approximate surface area is 127 Å². The molecule has 0 saturated heterocycles. The predicted molar refractivity (Wildman–Crippen MR) is 86.5 cm³/mol. The number of nitrogens with two attached hydrogens (primary N) is 1. The van der Waals surface area contributed by atoms with E-state index in [2.05, 4.69) is 10.2 Å². The minimum absolute atomic E-state index is 0.00407. The van der Waals surface area contributed by atoms with Gasteiger partial charge in [-0.25, -0.2) is 0 Å². The molecule has 0 fully saturated rings. The Bertz CT molecular complexity index is 461. The molecule has 1 aromatic carbocycles. The van der Waals surface area contributed by atoms with Gasteiger partial charge in [-0.3, -0.25) is 4.79 Å². The highest BCUT2D eigenvalue weighted by Crippen LogP contribution is 2.26. The minimum atomic E-state index is -0.00407. The SMILES string of the molecule is COc1ccc(CN(C)C)cc1NC(=O)CCC(C)CN. The van der Waals surface area contributed by atoms with Crippen LogP contribution in [0.15, 0.2) is 18.2 Å². The van der Waals surface area contributed by atoms with Gasteiger partial charge in [0.15, 0.2) is 0 Å². The van der Waals surface area contributed by atoms with Gasteiger partial charge in [0.25, 0.3) is 0 Å². The van der Waals surface area contributed by atoms with Gasteiger partial charge < -0.3 is 20.7 Å². The monoisotopic (exact) mass is 293 g/mol. The summed E-state index contributed by atoms with van der Waals surface area (Å²) in [6.07, 6.45) is 1.27. The van der Waals surface area contributed by atoms with Crippen molar-refractivity contribution in [2.45, 2.75) is 26.3 Å². The number of rotatable bonds is 8. The topological polar surface area (TPSA) is 67.6 Å². The number of anilines is 1. The summed E-state index contributed by atoms with van der Waals surface area (Å²) < 4.78 is 5.30. The third kappa shape index (κ3) is 6.14. The van der Waals surface area contributed by atoms with Crippen molar-refractivity contribution in [1.82, 2.24) is 4.90 Å². The molecule has 1 rings (SSSR count). The molecule has 5 nitrogen and oxygen atoms in total. The molecule has 5 heteroatoms. The third-order valence-corrected chi connectivity index (χ3v) is 3.30. The number of carbonyl (C=O) groups is 1. The lowest BCUT2D eigenvalue weighted by Gasteiger charge is -2.15. The number of hydrogen-bond acceptors (Lipinski definition) is 4. The van der Waals surface area contributed by atoms with Crippen LogP contribution in [0.25, 0.3) is 0 Å². The van der Waals surface area contributed by atoms with Crippen LogP contribution in [-0.2, 0) is 11.3 Å². The summed E-state index contributed by atoms with van der Waals surface area (Å²) in [6.45, 7) is 3.47. The number of benzene rings is 1.